The van der Waals surface area contributed by atoms with Gasteiger partial charge >= 0.3 is 0 Å². The van der Waals surface area contributed by atoms with Gasteiger partial charge in [-0.15, -0.1) is 0 Å². The Morgan fingerprint density at radius 1 is 1.41 bits per heavy atom. The zero-order valence-corrected chi connectivity index (χ0v) is 13.7. The Balaban J connectivity index is 1.66. The molecule has 1 aromatic carbocycles. The van der Waals surface area contributed by atoms with Gasteiger partial charge in [-0.25, -0.2) is 4.39 Å². The van der Waals surface area contributed by atoms with E-state index < -0.39 is 6.10 Å². The summed E-state index contributed by atoms with van der Waals surface area (Å²) >= 11 is 2.00. The number of benzene rings is 1. The Bertz CT molecular complexity index is 537. The highest BCUT2D eigenvalue weighted by Crippen LogP contribution is 2.35. The lowest BCUT2D eigenvalue weighted by atomic mass is 9.93. The van der Waals surface area contributed by atoms with Crippen LogP contribution in [0.4, 0.5) is 4.39 Å². The largest absolute Gasteiger partial charge is 0.481 e. The highest BCUT2D eigenvalue weighted by atomic mass is 32.2. The number of hydrogen-bond donors (Lipinski definition) is 0. The van der Waals surface area contributed by atoms with Gasteiger partial charge in [0.25, 0.3) is 5.91 Å². The second kappa shape index (κ2) is 6.90. The number of nitrogens with zero attached hydrogens (tertiary/aromatic N) is 1. The first-order valence-corrected chi connectivity index (χ1v) is 9.04. The van der Waals surface area contributed by atoms with Gasteiger partial charge in [-0.2, -0.15) is 11.8 Å². The molecular weight excluding hydrogens is 301 g/mol. The standard InChI is InChI=1S/C17H22FNO2S/c1-12(21-14-6-4-5-13(18)11-14)17(20)19-9-10-22-16-8-3-2-7-15(16)19/h4-6,11-12,15-16H,2-3,7-10H2,1H3/t12-,15-,16-/m0/s1. The van der Waals surface area contributed by atoms with Gasteiger partial charge in [-0.3, -0.25) is 4.79 Å². The fourth-order valence-corrected chi connectivity index (χ4v) is 4.84. The fraction of sp³-hybridized carbons (Fsp3) is 0.588. The van der Waals surface area contributed by atoms with Crippen LogP contribution >= 0.6 is 11.8 Å². The summed E-state index contributed by atoms with van der Waals surface area (Å²) in [7, 11) is 0. The van der Waals surface area contributed by atoms with Crippen LogP contribution in [0.25, 0.3) is 0 Å². The molecule has 1 aromatic rings. The Labute approximate surface area is 135 Å². The third kappa shape index (κ3) is 3.40. The van der Waals surface area contributed by atoms with Gasteiger partial charge in [0.05, 0.1) is 0 Å². The number of rotatable bonds is 3. The first kappa shape index (κ1) is 15.7. The van der Waals surface area contributed by atoms with Gasteiger partial charge in [-0.1, -0.05) is 18.9 Å². The quantitative estimate of drug-likeness (QED) is 0.853. The number of thioether (sulfide) groups is 1. The molecule has 1 aliphatic heterocycles. The average molecular weight is 323 g/mol. The lowest BCUT2D eigenvalue weighted by molar-refractivity contribution is -0.140. The van der Waals surface area contributed by atoms with E-state index in [0.717, 1.165) is 18.7 Å². The SMILES string of the molecule is C[C@H](Oc1cccc(F)c1)C(=O)N1CCS[C@H]2CCCC[C@@H]21. The lowest BCUT2D eigenvalue weighted by Gasteiger charge is -2.44. The molecule has 0 radical (unpaired) electrons. The van der Waals surface area contributed by atoms with Crippen LogP contribution in [-0.2, 0) is 4.79 Å². The minimum atomic E-state index is -0.576. The maximum atomic E-state index is 13.2. The molecule has 1 saturated heterocycles. The normalized spacial score (nSPS) is 26.2. The third-order valence-corrected chi connectivity index (χ3v) is 5.87. The van der Waals surface area contributed by atoms with Crippen molar-refractivity contribution in [3.05, 3.63) is 30.1 Å². The van der Waals surface area contributed by atoms with Gasteiger partial charge in [0.2, 0.25) is 0 Å². The smallest absolute Gasteiger partial charge is 0.263 e. The number of fused-ring (bicyclic) bond motifs is 1. The molecule has 2 aliphatic rings. The molecule has 0 bridgehead atoms. The van der Waals surface area contributed by atoms with Crippen LogP contribution in [0.3, 0.4) is 0 Å². The number of halogens is 1. The summed E-state index contributed by atoms with van der Waals surface area (Å²) in [5.41, 5.74) is 0. The Morgan fingerprint density at radius 3 is 3.05 bits per heavy atom. The maximum Gasteiger partial charge on any atom is 0.263 e. The summed E-state index contributed by atoms with van der Waals surface area (Å²) in [5.74, 6) is 1.09. The van der Waals surface area contributed by atoms with E-state index in [1.165, 1.54) is 31.4 Å². The molecule has 3 atom stereocenters. The van der Waals surface area contributed by atoms with Crippen LogP contribution in [0.15, 0.2) is 24.3 Å². The summed E-state index contributed by atoms with van der Waals surface area (Å²) in [6.45, 7) is 2.55. The van der Waals surface area contributed by atoms with Crippen LogP contribution in [0.1, 0.15) is 32.6 Å². The van der Waals surface area contributed by atoms with Crippen LogP contribution in [0.2, 0.25) is 0 Å². The van der Waals surface area contributed by atoms with Gasteiger partial charge in [-0.05, 0) is 31.9 Å². The van der Waals surface area contributed by atoms with Crippen LogP contribution in [0, 0.1) is 5.82 Å². The molecule has 0 spiro atoms. The zero-order chi connectivity index (χ0) is 15.5. The van der Waals surface area contributed by atoms with Crippen LogP contribution in [0.5, 0.6) is 5.75 Å². The molecule has 3 nitrogen and oxygen atoms in total. The molecular formula is C17H22FNO2S. The average Bonchev–Trinajstić information content (AvgIpc) is 2.53. The molecule has 0 aromatic heterocycles. The number of carbonyl (C=O) groups is 1. The van der Waals surface area contributed by atoms with Crippen molar-refractivity contribution in [1.82, 2.24) is 4.90 Å². The molecule has 120 valence electrons. The predicted molar refractivity (Wildman–Crippen MR) is 86.7 cm³/mol. The second-order valence-electron chi connectivity index (χ2n) is 6.01. The van der Waals surface area contributed by atoms with Crippen molar-refractivity contribution in [3.8, 4) is 5.75 Å². The highest BCUT2D eigenvalue weighted by Gasteiger charge is 2.38. The van der Waals surface area contributed by atoms with E-state index >= 15 is 0 Å². The summed E-state index contributed by atoms with van der Waals surface area (Å²) in [4.78, 5) is 14.7. The highest BCUT2D eigenvalue weighted by molar-refractivity contribution is 8.00. The van der Waals surface area contributed by atoms with Crippen LogP contribution in [-0.4, -0.2) is 40.5 Å². The molecule has 5 heteroatoms. The summed E-state index contributed by atoms with van der Waals surface area (Å²) in [5, 5.41) is 0.577. The van der Waals surface area contributed by atoms with E-state index in [9.17, 15) is 9.18 Å². The minimum Gasteiger partial charge on any atom is -0.481 e. The molecule has 22 heavy (non-hydrogen) atoms. The number of amides is 1. The molecule has 1 aliphatic carbocycles. The van der Waals surface area contributed by atoms with Gasteiger partial charge < -0.3 is 9.64 Å². The minimum absolute atomic E-state index is 0.0291. The van der Waals surface area contributed by atoms with E-state index in [0.29, 0.717) is 17.0 Å². The number of carbonyl (C=O) groups excluding carboxylic acids is 1. The second-order valence-corrected chi connectivity index (χ2v) is 7.36. The summed E-state index contributed by atoms with van der Waals surface area (Å²) in [6, 6.07) is 6.31. The molecule has 3 rings (SSSR count). The van der Waals surface area contributed by atoms with Crippen molar-refractivity contribution in [3.63, 3.8) is 0 Å². The van der Waals surface area contributed by atoms with E-state index in [1.54, 1.807) is 19.1 Å². The van der Waals surface area contributed by atoms with Crippen molar-refractivity contribution < 1.29 is 13.9 Å². The van der Waals surface area contributed by atoms with E-state index in [-0.39, 0.29) is 11.7 Å². The summed E-state index contributed by atoms with van der Waals surface area (Å²) in [6.07, 6.45) is 4.19. The van der Waals surface area contributed by atoms with Gasteiger partial charge in [0.15, 0.2) is 6.10 Å². The maximum absolute atomic E-state index is 13.2. The van der Waals surface area contributed by atoms with Crippen molar-refractivity contribution in [2.24, 2.45) is 0 Å². The Kier molecular flexibility index (Phi) is 4.91. The molecule has 1 amide bonds. The van der Waals surface area contributed by atoms with Crippen molar-refractivity contribution in [2.45, 2.75) is 50.0 Å². The lowest BCUT2D eigenvalue weighted by Crippen LogP contribution is -2.54. The van der Waals surface area contributed by atoms with E-state index in [2.05, 4.69) is 0 Å². The molecule has 1 heterocycles. The number of hydrogen-bond acceptors (Lipinski definition) is 3. The fourth-order valence-electron chi connectivity index (χ4n) is 3.40. The van der Waals surface area contributed by atoms with Gasteiger partial charge in [0.1, 0.15) is 11.6 Å². The molecule has 2 fully saturated rings. The molecule has 1 saturated carbocycles. The number of ether oxygens (including phenoxy) is 1. The topological polar surface area (TPSA) is 29.5 Å². The Hall–Kier alpha value is -1.23. The van der Waals surface area contributed by atoms with Crippen LogP contribution < -0.4 is 4.74 Å². The first-order valence-electron chi connectivity index (χ1n) is 7.99. The van der Waals surface area contributed by atoms with Gasteiger partial charge in [0, 0.05) is 29.7 Å². The monoisotopic (exact) mass is 323 g/mol. The molecule has 0 N–H and O–H groups in total. The zero-order valence-electron chi connectivity index (χ0n) is 12.8. The van der Waals surface area contributed by atoms with Crippen molar-refractivity contribution in [1.29, 1.82) is 0 Å². The Morgan fingerprint density at radius 2 is 2.23 bits per heavy atom. The van der Waals surface area contributed by atoms with Crippen molar-refractivity contribution >= 4 is 17.7 Å². The first-order chi connectivity index (χ1) is 10.6. The molecule has 0 unspecified atom stereocenters. The van der Waals surface area contributed by atoms with E-state index in [4.69, 9.17) is 4.74 Å². The predicted octanol–water partition coefficient (Wildman–Crippen LogP) is 3.48. The third-order valence-electron chi connectivity index (χ3n) is 4.47. The van der Waals surface area contributed by atoms with Crippen molar-refractivity contribution in [2.75, 3.05) is 12.3 Å². The summed E-state index contributed by atoms with van der Waals surface area (Å²) < 4.78 is 18.9. The van der Waals surface area contributed by atoms with E-state index in [1.807, 2.05) is 16.7 Å².